The van der Waals surface area contributed by atoms with Crippen molar-refractivity contribution in [2.24, 2.45) is 4.99 Å². The quantitative estimate of drug-likeness (QED) is 0.837. The average Bonchev–Trinajstić information content (AvgIpc) is 2.81. The van der Waals surface area contributed by atoms with Gasteiger partial charge in [-0.15, -0.1) is 0 Å². The number of sulfone groups is 1. The number of ether oxygens (including phenoxy) is 1. The molecule has 0 spiro atoms. The van der Waals surface area contributed by atoms with Crippen LogP contribution in [0, 0.1) is 0 Å². The van der Waals surface area contributed by atoms with Gasteiger partial charge in [-0.05, 0) is 5.56 Å². The van der Waals surface area contributed by atoms with Crippen molar-refractivity contribution in [1.82, 2.24) is 5.32 Å². The van der Waals surface area contributed by atoms with Crippen LogP contribution in [0.25, 0.3) is 0 Å². The fraction of sp³-hybridized carbons (Fsp3) is 0.417. The third kappa shape index (κ3) is 2.33. The number of nitrogens with zero attached hydrogens (tertiary/aromatic N) is 1. The molecular weight excluding hydrogens is 252 g/mol. The lowest BCUT2D eigenvalue weighted by molar-refractivity contribution is 0.221. The minimum atomic E-state index is -2.96. The Balaban J connectivity index is 1.60. The van der Waals surface area contributed by atoms with Gasteiger partial charge in [0.2, 0.25) is 0 Å². The first-order valence-corrected chi connectivity index (χ1v) is 7.67. The van der Waals surface area contributed by atoms with Gasteiger partial charge in [-0.1, -0.05) is 30.3 Å². The van der Waals surface area contributed by atoms with Gasteiger partial charge in [0, 0.05) is 6.54 Å². The van der Waals surface area contributed by atoms with Crippen molar-refractivity contribution in [1.29, 1.82) is 0 Å². The minimum Gasteiger partial charge on any atom is -0.459 e. The second-order valence-corrected chi connectivity index (χ2v) is 6.73. The normalized spacial score (nSPS) is 28.3. The molecular formula is C12H14N2O3S. The first-order chi connectivity index (χ1) is 8.62. The maximum Gasteiger partial charge on any atom is 0.285 e. The van der Waals surface area contributed by atoms with Crippen molar-refractivity contribution in [2.45, 2.75) is 18.7 Å². The molecule has 1 fully saturated rings. The summed E-state index contributed by atoms with van der Waals surface area (Å²) in [5, 5.41) is 3.09. The molecule has 0 aromatic heterocycles. The summed E-state index contributed by atoms with van der Waals surface area (Å²) < 4.78 is 28.2. The molecule has 2 aliphatic rings. The molecule has 3 rings (SSSR count). The lowest BCUT2D eigenvalue weighted by atomic mass is 10.2. The van der Waals surface area contributed by atoms with Crippen molar-refractivity contribution in [3.63, 3.8) is 0 Å². The van der Waals surface area contributed by atoms with Gasteiger partial charge in [0.15, 0.2) is 9.84 Å². The summed E-state index contributed by atoms with van der Waals surface area (Å²) in [5.74, 6) is 0.186. The molecule has 0 unspecified atom stereocenters. The predicted molar refractivity (Wildman–Crippen MR) is 68.0 cm³/mol. The summed E-state index contributed by atoms with van der Waals surface area (Å²) in [4.78, 5) is 4.26. The van der Waals surface area contributed by atoms with Crippen LogP contribution in [0.5, 0.6) is 0 Å². The molecule has 1 aromatic carbocycles. The van der Waals surface area contributed by atoms with Crippen molar-refractivity contribution in [3.8, 4) is 0 Å². The van der Waals surface area contributed by atoms with Gasteiger partial charge in [-0.25, -0.2) is 13.4 Å². The zero-order chi connectivity index (χ0) is 12.6. The van der Waals surface area contributed by atoms with E-state index < -0.39 is 9.84 Å². The van der Waals surface area contributed by atoms with Gasteiger partial charge in [-0.3, -0.25) is 0 Å². The van der Waals surface area contributed by atoms with Crippen LogP contribution < -0.4 is 5.32 Å². The van der Waals surface area contributed by atoms with Gasteiger partial charge < -0.3 is 10.1 Å². The Morgan fingerprint density at radius 1 is 1.28 bits per heavy atom. The van der Waals surface area contributed by atoms with E-state index in [1.54, 1.807) is 0 Å². The van der Waals surface area contributed by atoms with E-state index in [0.29, 0.717) is 12.6 Å². The molecule has 96 valence electrons. The highest BCUT2D eigenvalue weighted by atomic mass is 32.2. The van der Waals surface area contributed by atoms with Crippen LogP contribution in [0.3, 0.4) is 0 Å². The van der Waals surface area contributed by atoms with Crippen LogP contribution in [0.1, 0.15) is 5.56 Å². The van der Waals surface area contributed by atoms with Gasteiger partial charge in [0.25, 0.3) is 6.02 Å². The fourth-order valence-electron chi connectivity index (χ4n) is 2.22. The van der Waals surface area contributed by atoms with Crippen molar-refractivity contribution >= 4 is 15.9 Å². The highest BCUT2D eigenvalue weighted by molar-refractivity contribution is 7.91. The summed E-state index contributed by atoms with van der Waals surface area (Å²) in [6, 6.07) is 10.1. The molecule has 2 aliphatic heterocycles. The van der Waals surface area contributed by atoms with E-state index in [1.165, 1.54) is 0 Å². The van der Waals surface area contributed by atoms with Crippen LogP contribution >= 0.6 is 0 Å². The van der Waals surface area contributed by atoms with Gasteiger partial charge >= 0.3 is 0 Å². The first-order valence-electron chi connectivity index (χ1n) is 5.85. The predicted octanol–water partition coefficient (Wildman–Crippen LogP) is 0.328. The number of fused-ring (bicyclic) bond motifs is 1. The van der Waals surface area contributed by atoms with Crippen LogP contribution in [-0.2, 0) is 21.1 Å². The molecule has 0 amide bonds. The van der Waals surface area contributed by atoms with Gasteiger partial charge in [0.1, 0.15) is 12.1 Å². The second kappa shape index (κ2) is 4.28. The number of aliphatic imine (C=N–C) groups is 1. The Hall–Kier alpha value is -1.56. The van der Waals surface area contributed by atoms with E-state index in [1.807, 2.05) is 30.3 Å². The third-order valence-electron chi connectivity index (χ3n) is 3.10. The number of nitrogens with one attached hydrogen (secondary N) is 1. The molecule has 0 aliphatic carbocycles. The number of hydrogen-bond acceptors (Lipinski definition) is 5. The molecule has 0 radical (unpaired) electrons. The number of hydrogen-bond donors (Lipinski definition) is 1. The highest BCUT2D eigenvalue weighted by Crippen LogP contribution is 2.23. The van der Waals surface area contributed by atoms with Crippen LogP contribution in [-0.4, -0.2) is 38.1 Å². The highest BCUT2D eigenvalue weighted by Gasteiger charge is 2.43. The second-order valence-electron chi connectivity index (χ2n) is 4.57. The van der Waals surface area contributed by atoms with E-state index in [-0.39, 0.29) is 23.7 Å². The van der Waals surface area contributed by atoms with Crippen molar-refractivity contribution < 1.29 is 13.2 Å². The molecule has 1 aromatic rings. The summed E-state index contributed by atoms with van der Waals surface area (Å²) in [5.41, 5.74) is 1.13. The Kier molecular flexibility index (Phi) is 2.74. The van der Waals surface area contributed by atoms with Crippen LogP contribution in [0.4, 0.5) is 0 Å². The Labute approximate surface area is 106 Å². The fourth-order valence-corrected chi connectivity index (χ4v) is 3.95. The molecule has 0 saturated carbocycles. The van der Waals surface area contributed by atoms with Crippen molar-refractivity contribution in [2.75, 3.05) is 11.5 Å². The molecule has 2 atom stereocenters. The molecule has 1 saturated heterocycles. The largest absolute Gasteiger partial charge is 0.459 e. The van der Waals surface area contributed by atoms with Crippen LogP contribution in [0.2, 0.25) is 0 Å². The van der Waals surface area contributed by atoms with E-state index in [9.17, 15) is 8.42 Å². The first kappa shape index (κ1) is 11.5. The lowest BCUT2D eigenvalue weighted by Crippen LogP contribution is -2.27. The zero-order valence-corrected chi connectivity index (χ0v) is 10.6. The molecule has 0 bridgehead atoms. The smallest absolute Gasteiger partial charge is 0.285 e. The zero-order valence-electron chi connectivity index (χ0n) is 9.74. The monoisotopic (exact) mass is 266 g/mol. The standard InChI is InChI=1S/C12H14N2O3S/c15-18(16)7-10-11(8-18)17-12(14-10)13-6-9-4-2-1-3-5-9/h1-5,10-11H,6-8H2,(H,13,14)/t10-,11-/m1/s1. The molecule has 5 nitrogen and oxygen atoms in total. The summed E-state index contributed by atoms with van der Waals surface area (Å²) in [6.45, 7) is 0.631. The topological polar surface area (TPSA) is 67.8 Å². The van der Waals surface area contributed by atoms with Crippen molar-refractivity contribution in [3.05, 3.63) is 35.9 Å². The number of rotatable bonds is 2. The Morgan fingerprint density at radius 2 is 2.06 bits per heavy atom. The molecule has 1 N–H and O–H groups in total. The van der Waals surface area contributed by atoms with Crippen LogP contribution in [0.15, 0.2) is 35.3 Å². The maximum atomic E-state index is 11.4. The SMILES string of the molecule is O=S1(=O)C[C@H]2N=C(NCc3ccccc3)O[C@@H]2C1. The third-order valence-corrected chi connectivity index (χ3v) is 4.79. The summed E-state index contributed by atoms with van der Waals surface area (Å²) in [6.07, 6.45) is -0.298. The summed E-state index contributed by atoms with van der Waals surface area (Å²) >= 11 is 0. The summed E-state index contributed by atoms with van der Waals surface area (Å²) in [7, 11) is -2.96. The van der Waals surface area contributed by atoms with E-state index in [0.717, 1.165) is 5.56 Å². The number of amidine groups is 1. The van der Waals surface area contributed by atoms with Gasteiger partial charge in [-0.2, -0.15) is 0 Å². The Bertz CT molecular complexity index is 568. The molecule has 2 heterocycles. The number of benzene rings is 1. The van der Waals surface area contributed by atoms with Gasteiger partial charge in [0.05, 0.1) is 11.5 Å². The maximum absolute atomic E-state index is 11.4. The lowest BCUT2D eigenvalue weighted by Gasteiger charge is -2.09. The minimum absolute atomic E-state index is 0.0810. The molecule has 6 heteroatoms. The van der Waals surface area contributed by atoms with E-state index in [4.69, 9.17) is 4.74 Å². The molecule has 18 heavy (non-hydrogen) atoms. The Morgan fingerprint density at radius 3 is 2.78 bits per heavy atom. The van der Waals surface area contributed by atoms with E-state index >= 15 is 0 Å². The average molecular weight is 266 g/mol. The van der Waals surface area contributed by atoms with E-state index in [2.05, 4.69) is 10.3 Å².